The molecule has 0 aliphatic carbocycles. The second-order valence-corrected chi connectivity index (χ2v) is 8.41. The number of benzene rings is 1. The molecule has 1 aromatic rings. The zero-order valence-corrected chi connectivity index (χ0v) is 19.0. The van der Waals surface area contributed by atoms with Crippen LogP contribution in [0, 0.1) is 13.8 Å². The Balaban J connectivity index is 0.00000676. The number of hydrogen-bond donors (Lipinski definition) is 1. The highest BCUT2D eigenvalue weighted by Gasteiger charge is 2.00. The van der Waals surface area contributed by atoms with E-state index in [1.807, 2.05) is 0 Å². The van der Waals surface area contributed by atoms with Gasteiger partial charge in [0.1, 0.15) is 0 Å². The molecule has 1 aromatic carbocycles. The van der Waals surface area contributed by atoms with Crippen molar-refractivity contribution in [2.24, 2.45) is 0 Å². The quantitative estimate of drug-likeness (QED) is 0.270. The molecule has 0 aliphatic heterocycles. The normalized spacial score (nSPS) is 10.8. The Labute approximate surface area is 171 Å². The predicted molar refractivity (Wildman–Crippen MR) is 124 cm³/mol. The third-order valence-electron chi connectivity index (χ3n) is 6.02. The molecule has 0 amide bonds. The molecule has 0 fully saturated rings. The third kappa shape index (κ3) is 13.9. The van der Waals surface area contributed by atoms with Crippen molar-refractivity contribution in [1.82, 2.24) is 6.15 Å². The van der Waals surface area contributed by atoms with Crippen molar-refractivity contribution in [3.8, 4) is 0 Å². The minimum atomic E-state index is 0. The molecule has 1 heteroatoms. The van der Waals surface area contributed by atoms with Gasteiger partial charge in [0.2, 0.25) is 0 Å². The fraction of sp³-hybridized carbons (Fsp3) is 0.769. The summed E-state index contributed by atoms with van der Waals surface area (Å²) >= 11 is 0. The Morgan fingerprint density at radius 2 is 0.963 bits per heavy atom. The fourth-order valence-corrected chi connectivity index (χ4v) is 3.95. The van der Waals surface area contributed by atoms with E-state index < -0.39 is 0 Å². The Hall–Kier alpha value is -0.820. The van der Waals surface area contributed by atoms with Crippen molar-refractivity contribution < 1.29 is 0 Å². The average Bonchev–Trinajstić information content (AvgIpc) is 2.64. The standard InChI is InChI=1S/C26H46.H3N/c1-4-5-6-7-8-9-10-11-12-13-14-15-16-17-18-19-22-26-23-20-21-24(2)25(26)3;/h20-21,23H,4-19,22H2,1-3H3;1H3. The first-order chi connectivity index (χ1) is 12.8. The lowest BCUT2D eigenvalue weighted by Gasteiger charge is -2.08. The van der Waals surface area contributed by atoms with E-state index in [0.717, 1.165) is 0 Å². The van der Waals surface area contributed by atoms with E-state index >= 15 is 0 Å². The van der Waals surface area contributed by atoms with Crippen LogP contribution in [-0.2, 0) is 6.42 Å². The van der Waals surface area contributed by atoms with E-state index in [1.165, 1.54) is 120 Å². The SMILES string of the molecule is CCCCCCCCCCCCCCCCCCc1cccc(C)c1C.N. The zero-order chi connectivity index (χ0) is 18.9. The molecular weight excluding hydrogens is 326 g/mol. The van der Waals surface area contributed by atoms with E-state index in [9.17, 15) is 0 Å². The lowest BCUT2D eigenvalue weighted by atomic mass is 9.98. The van der Waals surface area contributed by atoms with Crippen LogP contribution in [0.15, 0.2) is 18.2 Å². The molecule has 1 rings (SSSR count). The van der Waals surface area contributed by atoms with Crippen LogP contribution in [0.25, 0.3) is 0 Å². The summed E-state index contributed by atoms with van der Waals surface area (Å²) in [5.74, 6) is 0. The summed E-state index contributed by atoms with van der Waals surface area (Å²) < 4.78 is 0. The minimum Gasteiger partial charge on any atom is -0.344 e. The summed E-state index contributed by atoms with van der Waals surface area (Å²) in [6.07, 6.45) is 24.4. The van der Waals surface area contributed by atoms with Gasteiger partial charge in [-0.2, -0.15) is 0 Å². The molecule has 158 valence electrons. The van der Waals surface area contributed by atoms with Crippen molar-refractivity contribution in [2.75, 3.05) is 0 Å². The molecule has 0 spiro atoms. The molecule has 0 heterocycles. The minimum absolute atomic E-state index is 0. The van der Waals surface area contributed by atoms with Crippen LogP contribution < -0.4 is 6.15 Å². The van der Waals surface area contributed by atoms with Gasteiger partial charge < -0.3 is 6.15 Å². The Bertz CT molecular complexity index is 438. The number of rotatable bonds is 17. The van der Waals surface area contributed by atoms with Gasteiger partial charge in [0, 0.05) is 0 Å². The summed E-state index contributed by atoms with van der Waals surface area (Å²) in [7, 11) is 0. The van der Waals surface area contributed by atoms with Crippen molar-refractivity contribution in [2.45, 2.75) is 130 Å². The molecule has 0 aliphatic rings. The van der Waals surface area contributed by atoms with Gasteiger partial charge in [-0.05, 0) is 43.4 Å². The third-order valence-corrected chi connectivity index (χ3v) is 6.02. The van der Waals surface area contributed by atoms with E-state index in [2.05, 4.69) is 39.0 Å². The summed E-state index contributed by atoms with van der Waals surface area (Å²) in [5.41, 5.74) is 4.52. The molecule has 1 nitrogen and oxygen atoms in total. The lowest BCUT2D eigenvalue weighted by molar-refractivity contribution is 0.529. The first-order valence-corrected chi connectivity index (χ1v) is 11.8. The maximum Gasteiger partial charge on any atom is -0.0276 e. The lowest BCUT2D eigenvalue weighted by Crippen LogP contribution is -1.92. The molecule has 0 saturated carbocycles. The largest absolute Gasteiger partial charge is 0.344 e. The van der Waals surface area contributed by atoms with Gasteiger partial charge in [-0.1, -0.05) is 121 Å². The van der Waals surface area contributed by atoms with Crippen LogP contribution in [0.1, 0.15) is 126 Å². The zero-order valence-electron chi connectivity index (χ0n) is 19.0. The smallest absolute Gasteiger partial charge is 0.0276 e. The Morgan fingerprint density at radius 3 is 1.41 bits per heavy atom. The summed E-state index contributed by atoms with van der Waals surface area (Å²) in [6, 6.07) is 6.75. The van der Waals surface area contributed by atoms with Crippen LogP contribution in [0.3, 0.4) is 0 Å². The highest BCUT2D eigenvalue weighted by Crippen LogP contribution is 2.17. The average molecular weight is 376 g/mol. The molecule has 0 aromatic heterocycles. The van der Waals surface area contributed by atoms with Gasteiger partial charge in [0.25, 0.3) is 0 Å². The summed E-state index contributed by atoms with van der Waals surface area (Å²) in [6.45, 7) is 6.80. The molecule has 27 heavy (non-hydrogen) atoms. The first kappa shape index (κ1) is 26.2. The van der Waals surface area contributed by atoms with Gasteiger partial charge >= 0.3 is 0 Å². The summed E-state index contributed by atoms with van der Waals surface area (Å²) in [4.78, 5) is 0. The van der Waals surface area contributed by atoms with Crippen molar-refractivity contribution in [3.63, 3.8) is 0 Å². The van der Waals surface area contributed by atoms with Crippen LogP contribution in [0.4, 0.5) is 0 Å². The van der Waals surface area contributed by atoms with E-state index in [-0.39, 0.29) is 6.15 Å². The van der Waals surface area contributed by atoms with Gasteiger partial charge in [-0.3, -0.25) is 0 Å². The van der Waals surface area contributed by atoms with Gasteiger partial charge in [0.05, 0.1) is 0 Å². The monoisotopic (exact) mass is 375 g/mol. The Kier molecular flexibility index (Phi) is 18.0. The van der Waals surface area contributed by atoms with Crippen molar-refractivity contribution in [3.05, 3.63) is 34.9 Å². The molecule has 0 bridgehead atoms. The predicted octanol–water partition coefficient (Wildman–Crippen LogP) is 9.27. The van der Waals surface area contributed by atoms with Gasteiger partial charge in [-0.15, -0.1) is 0 Å². The Morgan fingerprint density at radius 1 is 0.556 bits per heavy atom. The van der Waals surface area contributed by atoms with Crippen LogP contribution >= 0.6 is 0 Å². The van der Waals surface area contributed by atoms with Gasteiger partial charge in [0.15, 0.2) is 0 Å². The van der Waals surface area contributed by atoms with Crippen LogP contribution in [-0.4, -0.2) is 0 Å². The molecule has 3 N–H and O–H groups in total. The topological polar surface area (TPSA) is 35.0 Å². The van der Waals surface area contributed by atoms with Crippen molar-refractivity contribution >= 4 is 0 Å². The second-order valence-electron chi connectivity index (χ2n) is 8.41. The molecule has 0 atom stereocenters. The van der Waals surface area contributed by atoms with Crippen LogP contribution in [0.5, 0.6) is 0 Å². The highest BCUT2D eigenvalue weighted by atomic mass is 14.1. The van der Waals surface area contributed by atoms with Crippen LogP contribution in [0.2, 0.25) is 0 Å². The molecule has 0 radical (unpaired) electrons. The maximum atomic E-state index is 2.31. The first-order valence-electron chi connectivity index (χ1n) is 11.8. The van der Waals surface area contributed by atoms with Crippen molar-refractivity contribution in [1.29, 1.82) is 0 Å². The van der Waals surface area contributed by atoms with E-state index in [4.69, 9.17) is 0 Å². The van der Waals surface area contributed by atoms with Gasteiger partial charge in [-0.25, -0.2) is 0 Å². The fourth-order valence-electron chi connectivity index (χ4n) is 3.95. The number of aryl methyl sites for hydroxylation is 2. The number of unbranched alkanes of at least 4 members (excludes halogenated alkanes) is 15. The molecule has 0 unspecified atom stereocenters. The molecule has 0 saturated heterocycles. The summed E-state index contributed by atoms with van der Waals surface area (Å²) in [5, 5.41) is 0. The number of hydrogen-bond acceptors (Lipinski definition) is 1. The van der Waals surface area contributed by atoms with E-state index in [0.29, 0.717) is 0 Å². The highest BCUT2D eigenvalue weighted by molar-refractivity contribution is 5.33. The second kappa shape index (κ2) is 18.5. The molecular formula is C26H49N. The maximum absolute atomic E-state index is 2.31. The van der Waals surface area contributed by atoms with E-state index in [1.54, 1.807) is 5.56 Å².